The number of rotatable bonds is 9. The van der Waals surface area contributed by atoms with Crippen LogP contribution in [0.4, 0.5) is 5.69 Å². The Bertz CT molecular complexity index is 729. The van der Waals surface area contributed by atoms with Crippen LogP contribution < -0.4 is 20.7 Å². The Morgan fingerprint density at radius 2 is 1.81 bits per heavy atom. The highest BCUT2D eigenvalue weighted by Crippen LogP contribution is 2.13. The first kappa shape index (κ1) is 19.5. The smallest absolute Gasteiger partial charge is 0.262 e. The maximum Gasteiger partial charge on any atom is 0.262 e. The minimum Gasteiger partial charge on any atom is -0.484 e. The lowest BCUT2D eigenvalue weighted by Gasteiger charge is -2.09. The van der Waals surface area contributed by atoms with Gasteiger partial charge in [0.1, 0.15) is 5.75 Å². The van der Waals surface area contributed by atoms with Crippen LogP contribution in [-0.2, 0) is 16.0 Å². The van der Waals surface area contributed by atoms with E-state index in [1.807, 2.05) is 55.5 Å². The Kier molecular flexibility index (Phi) is 7.64. The molecule has 2 aromatic carbocycles. The van der Waals surface area contributed by atoms with Gasteiger partial charge in [0.05, 0.1) is 6.54 Å². The molecule has 0 atom stereocenters. The second kappa shape index (κ2) is 10.2. The fourth-order valence-corrected chi connectivity index (χ4v) is 2.39. The van der Waals surface area contributed by atoms with Gasteiger partial charge in [-0.05, 0) is 55.8 Å². The van der Waals surface area contributed by atoms with E-state index >= 15 is 0 Å². The van der Waals surface area contributed by atoms with Crippen LogP contribution >= 0.6 is 0 Å². The molecule has 0 unspecified atom stereocenters. The van der Waals surface area contributed by atoms with Gasteiger partial charge in [-0.15, -0.1) is 0 Å². The number of carbonyl (C=O) groups is 2. The molecular formula is C20H25N3O3. The predicted molar refractivity (Wildman–Crippen MR) is 102 cm³/mol. The molecule has 0 aliphatic carbocycles. The van der Waals surface area contributed by atoms with Crippen molar-refractivity contribution in [2.24, 2.45) is 0 Å². The molecule has 0 saturated heterocycles. The zero-order valence-electron chi connectivity index (χ0n) is 15.2. The molecule has 138 valence electrons. The van der Waals surface area contributed by atoms with Crippen molar-refractivity contribution in [2.75, 3.05) is 32.1 Å². The highest BCUT2D eigenvalue weighted by atomic mass is 16.5. The third-order valence-corrected chi connectivity index (χ3v) is 3.67. The van der Waals surface area contributed by atoms with Crippen LogP contribution in [0, 0.1) is 6.92 Å². The quantitative estimate of drug-likeness (QED) is 0.642. The van der Waals surface area contributed by atoms with Gasteiger partial charge in [0.2, 0.25) is 5.91 Å². The largest absolute Gasteiger partial charge is 0.484 e. The molecule has 2 rings (SSSR count). The highest BCUT2D eigenvalue weighted by molar-refractivity contribution is 5.91. The first-order chi connectivity index (χ1) is 12.6. The third kappa shape index (κ3) is 6.94. The number of nitrogens with one attached hydrogen (secondary N) is 3. The molecule has 0 aromatic heterocycles. The van der Waals surface area contributed by atoms with Crippen LogP contribution in [0.3, 0.4) is 0 Å². The summed E-state index contributed by atoms with van der Waals surface area (Å²) in [5.74, 6) is 0.409. The minimum absolute atomic E-state index is 0.0212. The monoisotopic (exact) mass is 355 g/mol. The van der Waals surface area contributed by atoms with E-state index in [4.69, 9.17) is 4.74 Å². The van der Waals surface area contributed by atoms with Crippen molar-refractivity contribution in [1.82, 2.24) is 10.6 Å². The molecule has 26 heavy (non-hydrogen) atoms. The fraction of sp³-hybridized carbons (Fsp3) is 0.300. The molecule has 2 amide bonds. The summed E-state index contributed by atoms with van der Waals surface area (Å²) in [5, 5.41) is 8.44. The molecule has 6 heteroatoms. The number of benzene rings is 2. The Morgan fingerprint density at radius 3 is 2.50 bits per heavy atom. The Labute approximate surface area is 153 Å². The van der Waals surface area contributed by atoms with Crippen molar-refractivity contribution in [2.45, 2.75) is 13.3 Å². The maximum absolute atomic E-state index is 11.9. The summed E-state index contributed by atoms with van der Waals surface area (Å²) in [6.45, 7) is 2.82. The number of hydrogen-bond donors (Lipinski definition) is 3. The normalized spacial score (nSPS) is 10.2. The summed E-state index contributed by atoms with van der Waals surface area (Å²) in [6.07, 6.45) is 0.740. The standard InChI is InChI=1S/C20H25N3O3/c1-15-4-3-5-17(12-15)23-20(25)14-26-18-8-6-16(7-9-18)10-11-22-19(24)13-21-2/h3-9,12,21H,10-11,13-14H2,1-2H3,(H,22,24)(H,23,25). The number of carbonyl (C=O) groups excluding carboxylic acids is 2. The molecule has 2 aromatic rings. The van der Waals surface area contributed by atoms with Gasteiger partial charge in [0.25, 0.3) is 5.91 Å². The average molecular weight is 355 g/mol. The third-order valence-electron chi connectivity index (χ3n) is 3.67. The lowest BCUT2D eigenvalue weighted by Crippen LogP contribution is -2.33. The molecule has 3 N–H and O–H groups in total. The van der Waals surface area contributed by atoms with Gasteiger partial charge in [-0.3, -0.25) is 9.59 Å². The minimum atomic E-state index is -0.202. The number of hydrogen-bond acceptors (Lipinski definition) is 4. The van der Waals surface area contributed by atoms with Crippen LogP contribution in [-0.4, -0.2) is 38.6 Å². The van der Waals surface area contributed by atoms with Gasteiger partial charge in [-0.2, -0.15) is 0 Å². The van der Waals surface area contributed by atoms with E-state index in [1.54, 1.807) is 7.05 Å². The molecule has 0 aliphatic heterocycles. The number of aryl methyl sites for hydroxylation is 1. The average Bonchev–Trinajstić information content (AvgIpc) is 2.61. The van der Waals surface area contributed by atoms with Crippen molar-refractivity contribution < 1.29 is 14.3 Å². The Hall–Kier alpha value is -2.86. The van der Waals surface area contributed by atoms with Crippen LogP contribution in [0.15, 0.2) is 48.5 Å². The van der Waals surface area contributed by atoms with Crippen molar-refractivity contribution >= 4 is 17.5 Å². The summed E-state index contributed by atoms with van der Waals surface area (Å²) < 4.78 is 5.51. The highest BCUT2D eigenvalue weighted by Gasteiger charge is 2.04. The van der Waals surface area contributed by atoms with Crippen LogP contribution in [0.5, 0.6) is 5.75 Å². The number of anilines is 1. The molecule has 0 heterocycles. The number of amides is 2. The fourth-order valence-electron chi connectivity index (χ4n) is 2.39. The maximum atomic E-state index is 11.9. The van der Waals surface area contributed by atoms with E-state index in [1.165, 1.54) is 0 Å². The van der Waals surface area contributed by atoms with E-state index in [-0.39, 0.29) is 18.4 Å². The van der Waals surface area contributed by atoms with E-state index in [0.29, 0.717) is 18.8 Å². The Balaban J connectivity index is 1.73. The summed E-state index contributed by atoms with van der Waals surface area (Å²) in [7, 11) is 1.74. The van der Waals surface area contributed by atoms with Crippen molar-refractivity contribution in [3.8, 4) is 5.75 Å². The lowest BCUT2D eigenvalue weighted by atomic mass is 10.1. The molecule has 6 nitrogen and oxygen atoms in total. The van der Waals surface area contributed by atoms with Gasteiger partial charge in [0.15, 0.2) is 6.61 Å². The van der Waals surface area contributed by atoms with Crippen molar-refractivity contribution in [1.29, 1.82) is 0 Å². The summed E-state index contributed by atoms with van der Waals surface area (Å²) in [5.41, 5.74) is 2.93. The van der Waals surface area contributed by atoms with E-state index < -0.39 is 0 Å². The lowest BCUT2D eigenvalue weighted by molar-refractivity contribution is -0.120. The summed E-state index contributed by atoms with van der Waals surface area (Å²) in [6, 6.07) is 15.1. The second-order valence-corrected chi connectivity index (χ2v) is 5.98. The van der Waals surface area contributed by atoms with Gasteiger partial charge >= 0.3 is 0 Å². The zero-order chi connectivity index (χ0) is 18.8. The van der Waals surface area contributed by atoms with E-state index in [2.05, 4.69) is 16.0 Å². The van der Waals surface area contributed by atoms with Gasteiger partial charge in [0, 0.05) is 12.2 Å². The summed E-state index contributed by atoms with van der Waals surface area (Å²) >= 11 is 0. The van der Waals surface area contributed by atoms with Crippen LogP contribution in [0.25, 0.3) is 0 Å². The molecular weight excluding hydrogens is 330 g/mol. The van der Waals surface area contributed by atoms with Gasteiger partial charge < -0.3 is 20.7 Å². The van der Waals surface area contributed by atoms with Crippen LogP contribution in [0.2, 0.25) is 0 Å². The second-order valence-electron chi connectivity index (χ2n) is 5.98. The number of ether oxygens (including phenoxy) is 1. The molecule has 0 radical (unpaired) electrons. The number of likely N-dealkylation sites (N-methyl/N-ethyl adjacent to an activating group) is 1. The Morgan fingerprint density at radius 1 is 1.04 bits per heavy atom. The molecule has 0 fully saturated rings. The van der Waals surface area contributed by atoms with Gasteiger partial charge in [-0.25, -0.2) is 0 Å². The molecule has 0 aliphatic rings. The topological polar surface area (TPSA) is 79.5 Å². The summed E-state index contributed by atoms with van der Waals surface area (Å²) in [4.78, 5) is 23.3. The zero-order valence-corrected chi connectivity index (χ0v) is 15.2. The van der Waals surface area contributed by atoms with E-state index in [9.17, 15) is 9.59 Å². The van der Waals surface area contributed by atoms with Crippen LogP contribution in [0.1, 0.15) is 11.1 Å². The molecule has 0 spiro atoms. The van der Waals surface area contributed by atoms with E-state index in [0.717, 1.165) is 23.2 Å². The predicted octanol–water partition coefficient (Wildman–Crippen LogP) is 1.89. The van der Waals surface area contributed by atoms with Crippen molar-refractivity contribution in [3.63, 3.8) is 0 Å². The SMILES string of the molecule is CNCC(=O)NCCc1ccc(OCC(=O)Nc2cccc(C)c2)cc1. The molecule has 0 saturated carbocycles. The van der Waals surface area contributed by atoms with Gasteiger partial charge in [-0.1, -0.05) is 24.3 Å². The molecule has 0 bridgehead atoms. The van der Waals surface area contributed by atoms with Crippen molar-refractivity contribution in [3.05, 3.63) is 59.7 Å². The first-order valence-electron chi connectivity index (χ1n) is 8.56. The first-order valence-corrected chi connectivity index (χ1v) is 8.56.